The van der Waals surface area contributed by atoms with Gasteiger partial charge in [0.2, 0.25) is 5.89 Å². The minimum Gasteiger partial charge on any atom is -0.495 e. The van der Waals surface area contributed by atoms with E-state index in [0.717, 1.165) is 14.6 Å². The molecule has 1 unspecified atom stereocenters. The Morgan fingerprint density at radius 3 is 2.65 bits per heavy atom. The molecule has 2 aromatic rings. The van der Waals surface area contributed by atoms with Crippen molar-refractivity contribution in [2.75, 3.05) is 19.5 Å². The van der Waals surface area contributed by atoms with Crippen LogP contribution in [0.3, 0.4) is 0 Å². The van der Waals surface area contributed by atoms with Gasteiger partial charge in [-0.15, -0.1) is 5.10 Å². The van der Waals surface area contributed by atoms with Gasteiger partial charge in [0.25, 0.3) is 0 Å². The quantitative estimate of drug-likeness (QED) is 0.791. The minimum absolute atomic E-state index is 0.000875. The van der Waals surface area contributed by atoms with Crippen molar-refractivity contribution in [2.24, 2.45) is 0 Å². The van der Waals surface area contributed by atoms with Crippen molar-refractivity contribution in [3.8, 4) is 5.75 Å². The van der Waals surface area contributed by atoms with Gasteiger partial charge in [-0.3, -0.25) is 0 Å². The van der Waals surface area contributed by atoms with E-state index in [1.165, 1.54) is 0 Å². The summed E-state index contributed by atoms with van der Waals surface area (Å²) in [6, 6.07) is 4.04. The second-order valence-corrected chi connectivity index (χ2v) is 5.76. The first-order valence-corrected chi connectivity index (χ1v) is 7.44. The maximum absolute atomic E-state index is 5.53. The molecule has 108 valence electrons. The Balaban J connectivity index is 2.23. The molecule has 0 spiro atoms. The Bertz CT molecular complexity index is 603. The fourth-order valence-corrected chi connectivity index (χ4v) is 2.74. The summed E-state index contributed by atoms with van der Waals surface area (Å²) in [5.41, 5.74) is 0.775. The standard InChI is InChI=1S/C12H14Br2N4O2/c1-6(15-2)11-17-18-12(20-11)16-9-5-10(19-3)8(14)4-7(9)13/h4-6,15H,1-3H3,(H,16,18). The molecule has 0 fully saturated rings. The van der Waals surface area contributed by atoms with Gasteiger partial charge in [0, 0.05) is 10.5 Å². The van der Waals surface area contributed by atoms with Crippen molar-refractivity contribution < 1.29 is 9.15 Å². The summed E-state index contributed by atoms with van der Waals surface area (Å²) in [4.78, 5) is 0. The molecule has 0 bridgehead atoms. The van der Waals surface area contributed by atoms with Gasteiger partial charge in [-0.2, -0.15) is 0 Å². The van der Waals surface area contributed by atoms with Crippen LogP contribution in [-0.2, 0) is 0 Å². The van der Waals surface area contributed by atoms with E-state index in [9.17, 15) is 0 Å². The highest BCUT2D eigenvalue weighted by Gasteiger charge is 2.14. The van der Waals surface area contributed by atoms with Crippen molar-refractivity contribution in [1.29, 1.82) is 0 Å². The third kappa shape index (κ3) is 3.31. The number of nitrogens with zero attached hydrogens (tertiary/aromatic N) is 2. The molecule has 0 aliphatic rings. The fourth-order valence-electron chi connectivity index (χ4n) is 1.48. The van der Waals surface area contributed by atoms with Gasteiger partial charge in [-0.25, -0.2) is 0 Å². The highest BCUT2D eigenvalue weighted by atomic mass is 79.9. The first kappa shape index (κ1) is 15.3. The third-order valence-corrected chi connectivity index (χ3v) is 4.00. The van der Waals surface area contributed by atoms with Crippen LogP contribution in [0.5, 0.6) is 5.75 Å². The van der Waals surface area contributed by atoms with Gasteiger partial charge in [0.1, 0.15) is 5.75 Å². The van der Waals surface area contributed by atoms with Gasteiger partial charge in [0.15, 0.2) is 0 Å². The van der Waals surface area contributed by atoms with E-state index in [0.29, 0.717) is 17.7 Å². The van der Waals surface area contributed by atoms with E-state index in [4.69, 9.17) is 9.15 Å². The molecule has 1 aromatic heterocycles. The van der Waals surface area contributed by atoms with Gasteiger partial charge < -0.3 is 19.8 Å². The Labute approximate surface area is 133 Å². The number of benzene rings is 1. The predicted molar refractivity (Wildman–Crippen MR) is 83.4 cm³/mol. The van der Waals surface area contributed by atoms with Gasteiger partial charge in [0.05, 0.1) is 23.3 Å². The lowest BCUT2D eigenvalue weighted by Crippen LogP contribution is -2.12. The average molecular weight is 406 g/mol. The van der Waals surface area contributed by atoms with Crippen LogP contribution in [0.4, 0.5) is 11.7 Å². The smallest absolute Gasteiger partial charge is 0.320 e. The van der Waals surface area contributed by atoms with Crippen LogP contribution in [0.2, 0.25) is 0 Å². The van der Waals surface area contributed by atoms with Crippen LogP contribution in [0.25, 0.3) is 0 Å². The highest BCUT2D eigenvalue weighted by Crippen LogP contribution is 2.35. The molecule has 1 heterocycles. The summed E-state index contributed by atoms with van der Waals surface area (Å²) in [5.74, 6) is 1.23. The molecule has 2 N–H and O–H groups in total. The monoisotopic (exact) mass is 404 g/mol. The zero-order chi connectivity index (χ0) is 14.7. The third-order valence-electron chi connectivity index (χ3n) is 2.73. The van der Waals surface area contributed by atoms with E-state index >= 15 is 0 Å². The first-order chi connectivity index (χ1) is 9.55. The molecule has 20 heavy (non-hydrogen) atoms. The van der Waals surface area contributed by atoms with Crippen molar-refractivity contribution in [3.05, 3.63) is 27.0 Å². The first-order valence-electron chi connectivity index (χ1n) is 5.86. The number of aromatic nitrogens is 2. The number of rotatable bonds is 5. The second kappa shape index (κ2) is 6.55. The summed E-state index contributed by atoms with van der Waals surface area (Å²) in [7, 11) is 3.44. The van der Waals surface area contributed by atoms with Crippen LogP contribution in [0.15, 0.2) is 25.5 Å². The Kier molecular flexibility index (Phi) is 5.00. The number of hydrogen-bond acceptors (Lipinski definition) is 6. The number of ether oxygens (including phenoxy) is 1. The molecule has 0 amide bonds. The number of methoxy groups -OCH3 is 1. The molecular formula is C12H14Br2N4O2. The summed E-state index contributed by atoms with van der Waals surface area (Å²) < 4.78 is 12.5. The number of halogens is 2. The Hall–Kier alpha value is -1.12. The molecule has 0 aliphatic carbocycles. The zero-order valence-corrected chi connectivity index (χ0v) is 14.4. The largest absolute Gasteiger partial charge is 0.495 e. The molecule has 0 radical (unpaired) electrons. The zero-order valence-electron chi connectivity index (χ0n) is 11.2. The lowest BCUT2D eigenvalue weighted by molar-refractivity contribution is 0.412. The van der Waals surface area contributed by atoms with Crippen LogP contribution in [0, 0.1) is 0 Å². The second-order valence-electron chi connectivity index (χ2n) is 4.05. The molecule has 0 saturated heterocycles. The average Bonchev–Trinajstić information content (AvgIpc) is 2.89. The Morgan fingerprint density at radius 1 is 1.25 bits per heavy atom. The molecule has 0 aliphatic heterocycles. The van der Waals surface area contributed by atoms with Crippen LogP contribution in [-0.4, -0.2) is 24.4 Å². The summed E-state index contributed by atoms with van der Waals surface area (Å²) in [6.07, 6.45) is 0. The molecule has 6 nitrogen and oxygen atoms in total. The van der Waals surface area contributed by atoms with E-state index in [-0.39, 0.29) is 6.04 Å². The SMILES string of the molecule is CNC(C)c1nnc(Nc2cc(OC)c(Br)cc2Br)o1. The van der Waals surface area contributed by atoms with Crippen LogP contribution >= 0.6 is 31.9 Å². The lowest BCUT2D eigenvalue weighted by Gasteiger charge is -2.09. The molecule has 1 aromatic carbocycles. The van der Waals surface area contributed by atoms with Crippen LogP contribution < -0.4 is 15.4 Å². The van der Waals surface area contributed by atoms with E-state index in [1.54, 1.807) is 7.11 Å². The fraction of sp³-hybridized carbons (Fsp3) is 0.333. The van der Waals surface area contributed by atoms with Crippen molar-refractivity contribution in [3.63, 3.8) is 0 Å². The molecular weight excluding hydrogens is 392 g/mol. The topological polar surface area (TPSA) is 72.2 Å². The van der Waals surface area contributed by atoms with E-state index < -0.39 is 0 Å². The normalized spacial score (nSPS) is 12.2. The van der Waals surface area contributed by atoms with Crippen molar-refractivity contribution in [2.45, 2.75) is 13.0 Å². The summed E-state index contributed by atoms with van der Waals surface area (Å²) in [6.45, 7) is 1.94. The summed E-state index contributed by atoms with van der Waals surface area (Å²) >= 11 is 6.88. The molecule has 0 saturated carbocycles. The number of hydrogen-bond donors (Lipinski definition) is 2. The summed E-state index contributed by atoms with van der Waals surface area (Å²) in [5, 5.41) is 14.0. The van der Waals surface area contributed by atoms with Crippen molar-refractivity contribution >= 4 is 43.6 Å². The maximum Gasteiger partial charge on any atom is 0.320 e. The minimum atomic E-state index is 0.000875. The molecule has 1 atom stereocenters. The number of anilines is 2. The molecule has 2 rings (SSSR count). The Morgan fingerprint density at radius 2 is 2.00 bits per heavy atom. The van der Waals surface area contributed by atoms with Crippen LogP contribution in [0.1, 0.15) is 18.9 Å². The van der Waals surface area contributed by atoms with Gasteiger partial charge in [-0.05, 0) is 51.9 Å². The van der Waals surface area contributed by atoms with Crippen molar-refractivity contribution in [1.82, 2.24) is 15.5 Å². The highest BCUT2D eigenvalue weighted by molar-refractivity contribution is 9.11. The lowest BCUT2D eigenvalue weighted by atomic mass is 10.3. The van der Waals surface area contributed by atoms with Gasteiger partial charge >= 0.3 is 6.01 Å². The van der Waals surface area contributed by atoms with Gasteiger partial charge in [-0.1, -0.05) is 5.10 Å². The number of nitrogens with one attached hydrogen (secondary N) is 2. The predicted octanol–water partition coefficient (Wildman–Crippen LogP) is 3.63. The van der Waals surface area contributed by atoms with E-state index in [1.807, 2.05) is 26.1 Å². The van der Waals surface area contributed by atoms with E-state index in [2.05, 4.69) is 52.7 Å². The molecule has 8 heteroatoms. The maximum atomic E-state index is 5.53.